The summed E-state index contributed by atoms with van der Waals surface area (Å²) in [6.07, 6.45) is 2.30. The molecule has 0 bridgehead atoms. The van der Waals surface area contributed by atoms with Crippen molar-refractivity contribution >= 4 is 17.4 Å². The number of alkyl halides is 3. The normalized spacial score (nSPS) is 19.2. The number of carbonyl (C=O) groups excluding carboxylic acids is 1. The fraction of sp³-hybridized carbons (Fsp3) is 0.348. The molecule has 0 aliphatic carbocycles. The molecule has 6 rings (SSSR count). The van der Waals surface area contributed by atoms with Gasteiger partial charge in [0.1, 0.15) is 23.4 Å². The van der Waals surface area contributed by atoms with E-state index in [1.54, 1.807) is 12.3 Å². The monoisotopic (exact) mass is 513 g/mol. The molecule has 0 spiro atoms. The second-order valence-electron chi connectivity index (χ2n) is 8.97. The highest BCUT2D eigenvalue weighted by molar-refractivity contribution is 5.94. The molecular weight excluding hydrogens is 491 g/mol. The number of hydrogen-bond acceptors (Lipinski definition) is 9. The van der Waals surface area contributed by atoms with Crippen LogP contribution in [0.4, 0.5) is 19.0 Å². The molecular formula is C23H22F3N9O2. The number of fused-ring (bicyclic) bond motifs is 1. The first kappa shape index (κ1) is 23.4. The second kappa shape index (κ2) is 9.12. The zero-order valence-electron chi connectivity index (χ0n) is 19.4. The van der Waals surface area contributed by atoms with Crippen LogP contribution in [0.5, 0.6) is 0 Å². The van der Waals surface area contributed by atoms with E-state index in [1.807, 2.05) is 4.90 Å². The fourth-order valence-electron chi connectivity index (χ4n) is 4.86. The third-order valence-electron chi connectivity index (χ3n) is 6.78. The maximum atomic E-state index is 13.3. The number of hydrogen-bond donors (Lipinski definition) is 2. The quantitative estimate of drug-likeness (QED) is 0.422. The Hall–Kier alpha value is -4.04. The van der Waals surface area contributed by atoms with Gasteiger partial charge in [-0.3, -0.25) is 20.0 Å². The summed E-state index contributed by atoms with van der Waals surface area (Å²) in [5.74, 6) is 0.890. The van der Waals surface area contributed by atoms with Crippen LogP contribution >= 0.6 is 0 Å². The molecule has 2 fully saturated rings. The number of rotatable bonds is 4. The first-order valence-corrected chi connectivity index (χ1v) is 11.7. The molecule has 2 N–H and O–H groups in total. The molecule has 14 heteroatoms. The van der Waals surface area contributed by atoms with Gasteiger partial charge in [-0.05, 0) is 18.2 Å². The molecule has 0 aromatic carbocycles. The van der Waals surface area contributed by atoms with E-state index in [9.17, 15) is 18.0 Å². The topological polar surface area (TPSA) is 117 Å². The highest BCUT2D eigenvalue weighted by atomic mass is 19.4. The highest BCUT2D eigenvalue weighted by Gasteiger charge is 2.38. The third kappa shape index (κ3) is 4.38. The van der Waals surface area contributed by atoms with Gasteiger partial charge in [0.15, 0.2) is 5.82 Å². The van der Waals surface area contributed by atoms with Crippen LogP contribution in [0.1, 0.15) is 15.9 Å². The van der Waals surface area contributed by atoms with E-state index in [0.29, 0.717) is 55.4 Å². The smallest absolute Gasteiger partial charge is 0.364 e. The molecule has 1 unspecified atom stereocenters. The molecule has 0 saturated carbocycles. The second-order valence-corrected chi connectivity index (χ2v) is 8.97. The molecule has 2 saturated heterocycles. The number of imidazole rings is 1. The molecule has 0 radical (unpaired) electrons. The van der Waals surface area contributed by atoms with Crippen molar-refractivity contribution in [2.75, 3.05) is 37.6 Å². The summed E-state index contributed by atoms with van der Waals surface area (Å²) >= 11 is 0. The van der Waals surface area contributed by atoms with Crippen LogP contribution in [0.3, 0.4) is 0 Å². The summed E-state index contributed by atoms with van der Waals surface area (Å²) in [5.41, 5.74) is 6.57. The SMILES string of the molecule is O=C(c1cnoc1)N1CCN(c2ccnc(-c3cnc4ccc(C(F)(F)F)cn34)n2)CC1C1CNNC1. The number of piperazine rings is 1. The van der Waals surface area contributed by atoms with Crippen molar-refractivity contribution in [3.8, 4) is 11.5 Å². The van der Waals surface area contributed by atoms with Crippen LogP contribution in [0.15, 0.2) is 53.8 Å². The van der Waals surface area contributed by atoms with Crippen molar-refractivity contribution in [2.24, 2.45) is 5.92 Å². The molecule has 192 valence electrons. The van der Waals surface area contributed by atoms with Crippen LogP contribution < -0.4 is 15.8 Å². The minimum absolute atomic E-state index is 0.123. The van der Waals surface area contributed by atoms with E-state index in [4.69, 9.17) is 4.52 Å². The zero-order valence-corrected chi connectivity index (χ0v) is 19.4. The molecule has 2 aliphatic rings. The molecule has 2 aliphatic heterocycles. The lowest BCUT2D eigenvalue weighted by Gasteiger charge is -2.44. The number of nitrogens with zero attached hydrogens (tertiary/aromatic N) is 7. The average molecular weight is 513 g/mol. The van der Waals surface area contributed by atoms with Crippen molar-refractivity contribution in [2.45, 2.75) is 12.2 Å². The summed E-state index contributed by atoms with van der Waals surface area (Å²) in [4.78, 5) is 30.3. The predicted octanol–water partition coefficient (Wildman–Crippen LogP) is 1.85. The molecule has 1 atom stereocenters. The van der Waals surface area contributed by atoms with Crippen molar-refractivity contribution in [1.82, 2.24) is 40.3 Å². The molecule has 4 aromatic heterocycles. The van der Waals surface area contributed by atoms with E-state index in [-0.39, 0.29) is 23.7 Å². The number of pyridine rings is 1. The van der Waals surface area contributed by atoms with Gasteiger partial charge in [0.2, 0.25) is 0 Å². The van der Waals surface area contributed by atoms with Crippen molar-refractivity contribution in [3.05, 3.63) is 60.4 Å². The summed E-state index contributed by atoms with van der Waals surface area (Å²) in [5, 5.41) is 3.65. The lowest BCUT2D eigenvalue weighted by Crippen LogP contribution is -2.59. The van der Waals surface area contributed by atoms with E-state index < -0.39 is 11.7 Å². The minimum Gasteiger partial charge on any atom is -0.364 e. The maximum absolute atomic E-state index is 13.3. The maximum Gasteiger partial charge on any atom is 0.417 e. The van der Waals surface area contributed by atoms with Crippen LogP contribution in [0.2, 0.25) is 0 Å². The number of hydrazine groups is 1. The number of halogens is 3. The Morgan fingerprint density at radius 3 is 2.68 bits per heavy atom. The first-order chi connectivity index (χ1) is 17.9. The van der Waals surface area contributed by atoms with E-state index in [1.165, 1.54) is 29.1 Å². The Kier molecular flexibility index (Phi) is 5.76. The Balaban J connectivity index is 1.30. The zero-order chi connectivity index (χ0) is 25.6. The van der Waals surface area contributed by atoms with Gasteiger partial charge in [-0.25, -0.2) is 15.0 Å². The minimum atomic E-state index is -4.49. The number of carbonyl (C=O) groups is 1. The van der Waals surface area contributed by atoms with Gasteiger partial charge in [-0.2, -0.15) is 13.2 Å². The van der Waals surface area contributed by atoms with Crippen molar-refractivity contribution in [3.63, 3.8) is 0 Å². The number of anilines is 1. The van der Waals surface area contributed by atoms with E-state index in [2.05, 4.69) is 35.9 Å². The number of amides is 1. The Labute approximate surface area is 208 Å². The van der Waals surface area contributed by atoms with Crippen LogP contribution in [0, 0.1) is 5.92 Å². The lowest BCUT2D eigenvalue weighted by molar-refractivity contribution is -0.137. The number of nitrogens with one attached hydrogen (secondary N) is 2. The number of aromatic nitrogens is 5. The summed E-state index contributed by atoms with van der Waals surface area (Å²) < 4.78 is 46.1. The van der Waals surface area contributed by atoms with Crippen molar-refractivity contribution in [1.29, 1.82) is 0 Å². The fourth-order valence-corrected chi connectivity index (χ4v) is 4.86. The Bertz CT molecular complexity index is 1420. The van der Waals surface area contributed by atoms with Gasteiger partial charge in [0, 0.05) is 51.0 Å². The standard InChI is InChI=1S/C23H22F3N9O2/c24-23(25,26)16-1-2-19-28-10-17(35(19)11-16)21-27-4-3-20(32-21)33-5-6-34(22(36)15-9-31-37-13-15)18(12-33)14-7-29-30-8-14/h1-4,9-11,13-14,18,29-30H,5-8,12H2. The van der Waals surface area contributed by atoms with Gasteiger partial charge >= 0.3 is 6.18 Å². The van der Waals surface area contributed by atoms with Crippen molar-refractivity contribution < 1.29 is 22.5 Å². The summed E-state index contributed by atoms with van der Waals surface area (Å²) in [7, 11) is 0. The van der Waals surface area contributed by atoms with Gasteiger partial charge in [0.05, 0.1) is 29.6 Å². The average Bonchev–Trinajstić information content (AvgIpc) is 3.69. The third-order valence-corrected chi connectivity index (χ3v) is 6.78. The van der Waals surface area contributed by atoms with Gasteiger partial charge < -0.3 is 14.3 Å². The van der Waals surface area contributed by atoms with Crippen LogP contribution in [-0.4, -0.2) is 74.1 Å². The molecule has 1 amide bonds. The van der Waals surface area contributed by atoms with E-state index in [0.717, 1.165) is 12.3 Å². The Morgan fingerprint density at radius 1 is 1.08 bits per heavy atom. The van der Waals surface area contributed by atoms with Gasteiger partial charge in [0.25, 0.3) is 5.91 Å². The van der Waals surface area contributed by atoms with Gasteiger partial charge in [-0.15, -0.1) is 0 Å². The van der Waals surface area contributed by atoms with Crippen LogP contribution in [-0.2, 0) is 6.18 Å². The van der Waals surface area contributed by atoms with Gasteiger partial charge in [-0.1, -0.05) is 5.16 Å². The summed E-state index contributed by atoms with van der Waals surface area (Å²) in [6.45, 7) is 2.89. The molecule has 37 heavy (non-hydrogen) atoms. The summed E-state index contributed by atoms with van der Waals surface area (Å²) in [6, 6.07) is 3.95. The van der Waals surface area contributed by atoms with E-state index >= 15 is 0 Å². The highest BCUT2D eigenvalue weighted by Crippen LogP contribution is 2.31. The Morgan fingerprint density at radius 2 is 1.92 bits per heavy atom. The van der Waals surface area contributed by atoms with Crippen LogP contribution in [0.25, 0.3) is 17.2 Å². The largest absolute Gasteiger partial charge is 0.417 e. The predicted molar refractivity (Wildman–Crippen MR) is 124 cm³/mol. The lowest BCUT2D eigenvalue weighted by atomic mass is 9.96. The first-order valence-electron chi connectivity index (χ1n) is 11.7. The molecule has 4 aromatic rings. The molecule has 11 nitrogen and oxygen atoms in total. The molecule has 6 heterocycles.